The topological polar surface area (TPSA) is 40.6 Å². The van der Waals surface area contributed by atoms with E-state index < -0.39 is 11.7 Å². The van der Waals surface area contributed by atoms with Gasteiger partial charge in [-0.3, -0.25) is 4.90 Å². The molecule has 0 spiro atoms. The van der Waals surface area contributed by atoms with Crippen LogP contribution in [0.3, 0.4) is 0 Å². The lowest BCUT2D eigenvalue weighted by Crippen LogP contribution is -2.46. The van der Waals surface area contributed by atoms with Gasteiger partial charge in [-0.25, -0.2) is 4.98 Å². The fourth-order valence-corrected chi connectivity index (χ4v) is 3.38. The van der Waals surface area contributed by atoms with E-state index in [9.17, 15) is 13.2 Å². The molecule has 1 aromatic heterocycles. The highest BCUT2D eigenvalue weighted by atomic mass is 19.4. The number of aromatic nitrogens is 1. The Morgan fingerprint density at radius 2 is 1.92 bits per heavy atom. The summed E-state index contributed by atoms with van der Waals surface area (Å²) < 4.78 is 43.8. The average Bonchev–Trinajstić information content (AvgIpc) is 2.61. The molecule has 0 aliphatic carbocycles. The molecular weight excluding hydrogens is 333 g/mol. The van der Waals surface area contributed by atoms with Gasteiger partial charge in [0.1, 0.15) is 5.82 Å². The maximum absolute atomic E-state index is 12.8. The second-order valence-corrected chi connectivity index (χ2v) is 6.67. The van der Waals surface area contributed by atoms with Crippen molar-refractivity contribution in [2.45, 2.75) is 25.1 Å². The van der Waals surface area contributed by atoms with Crippen LogP contribution in [-0.4, -0.2) is 73.3 Å². The number of nitrogens with one attached hydrogen (secondary N) is 1. The lowest BCUT2D eigenvalue weighted by molar-refractivity contribution is -0.137. The zero-order chi connectivity index (χ0) is 17.7. The molecule has 0 bridgehead atoms. The van der Waals surface area contributed by atoms with E-state index in [0.29, 0.717) is 5.82 Å². The fourth-order valence-electron chi connectivity index (χ4n) is 3.38. The quantitative estimate of drug-likeness (QED) is 0.875. The molecule has 0 aromatic carbocycles. The Morgan fingerprint density at radius 3 is 2.68 bits per heavy atom. The number of hydrogen-bond donors (Lipinski definition) is 1. The summed E-state index contributed by atoms with van der Waals surface area (Å²) in [6, 6.07) is 2.22. The van der Waals surface area contributed by atoms with E-state index in [2.05, 4.69) is 20.1 Å². The van der Waals surface area contributed by atoms with Crippen molar-refractivity contribution in [3.63, 3.8) is 0 Å². The van der Waals surface area contributed by atoms with E-state index >= 15 is 0 Å². The van der Waals surface area contributed by atoms with Gasteiger partial charge >= 0.3 is 6.18 Å². The molecule has 5 nitrogen and oxygen atoms in total. The van der Waals surface area contributed by atoms with Gasteiger partial charge in [-0.1, -0.05) is 0 Å². The van der Waals surface area contributed by atoms with Crippen LogP contribution in [0, 0.1) is 0 Å². The zero-order valence-corrected chi connectivity index (χ0v) is 14.3. The molecule has 140 valence electrons. The molecule has 2 saturated heterocycles. The molecule has 25 heavy (non-hydrogen) atoms. The number of morpholine rings is 1. The minimum Gasteiger partial charge on any atom is -0.379 e. The largest absolute Gasteiger partial charge is 0.416 e. The van der Waals surface area contributed by atoms with Crippen molar-refractivity contribution in [1.29, 1.82) is 0 Å². The number of piperidine rings is 1. The molecule has 2 fully saturated rings. The predicted molar refractivity (Wildman–Crippen MR) is 89.6 cm³/mol. The SMILES string of the molecule is FC(F)(F)c1ccnc(N[C@H]2CCCN(CCN3CCOCC3)C2)c1. The number of anilines is 1. The Kier molecular flexibility index (Phi) is 6.14. The number of alkyl halides is 3. The maximum Gasteiger partial charge on any atom is 0.416 e. The van der Waals surface area contributed by atoms with Gasteiger partial charge in [-0.2, -0.15) is 13.2 Å². The van der Waals surface area contributed by atoms with Crippen LogP contribution in [0.1, 0.15) is 18.4 Å². The standard InChI is InChI=1S/C17H25F3N4O/c18-17(19,20)14-3-4-21-16(12-14)22-15-2-1-5-24(13-15)7-6-23-8-10-25-11-9-23/h3-4,12,15H,1-2,5-11,13H2,(H,21,22)/t15-/m0/s1. The van der Waals surface area contributed by atoms with Gasteiger partial charge in [0, 0.05) is 45.0 Å². The van der Waals surface area contributed by atoms with Gasteiger partial charge in [0.2, 0.25) is 0 Å². The Bertz CT molecular complexity index is 549. The third kappa shape index (κ3) is 5.55. The highest BCUT2D eigenvalue weighted by molar-refractivity contribution is 5.39. The second-order valence-electron chi connectivity index (χ2n) is 6.67. The van der Waals surface area contributed by atoms with E-state index in [0.717, 1.165) is 77.5 Å². The molecule has 1 aromatic rings. The third-order valence-electron chi connectivity index (χ3n) is 4.78. The van der Waals surface area contributed by atoms with Gasteiger partial charge in [0.15, 0.2) is 0 Å². The number of hydrogen-bond acceptors (Lipinski definition) is 5. The first-order chi connectivity index (χ1) is 12.0. The average molecular weight is 358 g/mol. The summed E-state index contributed by atoms with van der Waals surface area (Å²) in [6.45, 7) is 7.41. The van der Waals surface area contributed by atoms with Crippen LogP contribution in [0.15, 0.2) is 18.3 Å². The summed E-state index contributed by atoms with van der Waals surface area (Å²) in [6.07, 6.45) is -1.13. The Hall–Kier alpha value is -1.38. The highest BCUT2D eigenvalue weighted by Crippen LogP contribution is 2.30. The van der Waals surface area contributed by atoms with Crippen LogP contribution in [0.2, 0.25) is 0 Å². The summed E-state index contributed by atoms with van der Waals surface area (Å²) in [5.41, 5.74) is -0.662. The van der Waals surface area contributed by atoms with Gasteiger partial charge < -0.3 is 15.0 Å². The molecule has 0 unspecified atom stereocenters. The van der Waals surface area contributed by atoms with Crippen LogP contribution in [0.25, 0.3) is 0 Å². The summed E-state index contributed by atoms with van der Waals surface area (Å²) in [4.78, 5) is 8.82. The summed E-state index contributed by atoms with van der Waals surface area (Å²) in [5, 5.41) is 3.17. The van der Waals surface area contributed by atoms with Crippen molar-refractivity contribution in [1.82, 2.24) is 14.8 Å². The fraction of sp³-hybridized carbons (Fsp3) is 0.706. The summed E-state index contributed by atoms with van der Waals surface area (Å²) in [7, 11) is 0. The molecule has 0 radical (unpaired) electrons. The van der Waals surface area contributed by atoms with Crippen LogP contribution in [-0.2, 0) is 10.9 Å². The van der Waals surface area contributed by atoms with Crippen molar-refractivity contribution in [2.75, 3.05) is 57.8 Å². The molecule has 0 saturated carbocycles. The van der Waals surface area contributed by atoms with E-state index in [-0.39, 0.29) is 6.04 Å². The van der Waals surface area contributed by atoms with E-state index in [4.69, 9.17) is 4.74 Å². The molecule has 0 amide bonds. The molecule has 8 heteroatoms. The van der Waals surface area contributed by atoms with E-state index in [1.807, 2.05) is 0 Å². The maximum atomic E-state index is 12.8. The lowest BCUT2D eigenvalue weighted by Gasteiger charge is -2.35. The van der Waals surface area contributed by atoms with Crippen LogP contribution in [0.4, 0.5) is 19.0 Å². The zero-order valence-electron chi connectivity index (χ0n) is 14.3. The minimum atomic E-state index is -4.34. The normalized spacial score (nSPS) is 23.6. The second kappa shape index (κ2) is 8.33. The predicted octanol–water partition coefficient (Wildman–Crippen LogP) is 2.31. The summed E-state index contributed by atoms with van der Waals surface area (Å²) in [5.74, 6) is 0.301. The Labute approximate surface area is 146 Å². The van der Waals surface area contributed by atoms with Gasteiger partial charge in [-0.05, 0) is 31.5 Å². The van der Waals surface area contributed by atoms with Crippen LogP contribution >= 0.6 is 0 Å². The van der Waals surface area contributed by atoms with Crippen LogP contribution < -0.4 is 5.32 Å². The smallest absolute Gasteiger partial charge is 0.379 e. The van der Waals surface area contributed by atoms with Gasteiger partial charge in [0.05, 0.1) is 18.8 Å². The highest BCUT2D eigenvalue weighted by Gasteiger charge is 2.31. The number of rotatable bonds is 5. The van der Waals surface area contributed by atoms with E-state index in [1.54, 1.807) is 0 Å². The molecule has 1 atom stereocenters. The minimum absolute atomic E-state index is 0.134. The molecule has 2 aliphatic rings. The molecular formula is C17H25F3N4O. The Balaban J connectivity index is 1.49. The van der Waals surface area contributed by atoms with Crippen molar-refractivity contribution >= 4 is 5.82 Å². The van der Waals surface area contributed by atoms with Gasteiger partial charge in [0.25, 0.3) is 0 Å². The van der Waals surface area contributed by atoms with Crippen molar-refractivity contribution in [3.8, 4) is 0 Å². The molecule has 2 aliphatic heterocycles. The number of ether oxygens (including phenoxy) is 1. The third-order valence-corrected chi connectivity index (χ3v) is 4.78. The first kappa shape index (κ1) is 18.4. The van der Waals surface area contributed by atoms with E-state index in [1.165, 1.54) is 6.20 Å². The molecule has 3 rings (SSSR count). The molecule has 1 N–H and O–H groups in total. The summed E-state index contributed by atoms with van der Waals surface area (Å²) >= 11 is 0. The van der Waals surface area contributed by atoms with Gasteiger partial charge in [-0.15, -0.1) is 0 Å². The number of likely N-dealkylation sites (tertiary alicyclic amines) is 1. The Morgan fingerprint density at radius 1 is 1.16 bits per heavy atom. The molecule has 3 heterocycles. The van der Waals surface area contributed by atoms with Crippen molar-refractivity contribution in [2.24, 2.45) is 0 Å². The monoisotopic (exact) mass is 358 g/mol. The first-order valence-electron chi connectivity index (χ1n) is 8.83. The number of halogens is 3. The lowest BCUT2D eigenvalue weighted by atomic mass is 10.1. The number of nitrogens with zero attached hydrogens (tertiary/aromatic N) is 3. The van der Waals surface area contributed by atoms with Crippen molar-refractivity contribution < 1.29 is 17.9 Å². The van der Waals surface area contributed by atoms with Crippen molar-refractivity contribution in [3.05, 3.63) is 23.9 Å². The first-order valence-corrected chi connectivity index (χ1v) is 8.83. The van der Waals surface area contributed by atoms with Crippen LogP contribution in [0.5, 0.6) is 0 Å². The number of pyridine rings is 1.